The fourth-order valence-corrected chi connectivity index (χ4v) is 3.11. The molecule has 1 amide bonds. The van der Waals surface area contributed by atoms with Gasteiger partial charge in [0, 0.05) is 0 Å². The summed E-state index contributed by atoms with van der Waals surface area (Å²) in [6, 6.07) is 4.92. The first kappa shape index (κ1) is 16.4. The number of rotatable bonds is 6. The second-order valence-corrected chi connectivity index (χ2v) is 6.19. The van der Waals surface area contributed by atoms with Crippen molar-refractivity contribution in [2.75, 3.05) is 0 Å². The van der Waals surface area contributed by atoms with Crippen LogP contribution in [0.2, 0.25) is 0 Å². The highest BCUT2D eigenvalue weighted by atomic mass is 32.1. The number of hydrogen-bond donors (Lipinski definition) is 2. The number of amides is 1. The van der Waals surface area contributed by atoms with E-state index in [1.807, 2.05) is 24.4 Å². The quantitative estimate of drug-likeness (QED) is 0.794. The van der Waals surface area contributed by atoms with Gasteiger partial charge in [-0.1, -0.05) is 19.4 Å². The Morgan fingerprint density at radius 3 is 3.05 bits per heavy atom. The van der Waals surface area contributed by atoms with Crippen molar-refractivity contribution in [1.29, 1.82) is 5.26 Å². The standard InChI is InChI=1S/C14H17N5OS2/c1-3-5-10(8-15)16-13(20)9(2)19-12(17-18-14(19)21)11-6-4-7-22-11/h4,6-7,9-10H,3,5H2,1-2H3,(H,16,20)(H,18,21)/t9-,10+/m1/s1. The van der Waals surface area contributed by atoms with Gasteiger partial charge in [0.15, 0.2) is 10.6 Å². The molecule has 2 rings (SSSR count). The minimum Gasteiger partial charge on any atom is -0.339 e. The van der Waals surface area contributed by atoms with Crippen LogP contribution in [0.25, 0.3) is 10.7 Å². The smallest absolute Gasteiger partial charge is 0.243 e. The second-order valence-electron chi connectivity index (χ2n) is 4.85. The predicted octanol–water partition coefficient (Wildman–Crippen LogP) is 3.04. The van der Waals surface area contributed by atoms with E-state index >= 15 is 0 Å². The summed E-state index contributed by atoms with van der Waals surface area (Å²) in [5.41, 5.74) is 0. The molecule has 0 unspecified atom stereocenters. The largest absolute Gasteiger partial charge is 0.339 e. The highest BCUT2D eigenvalue weighted by molar-refractivity contribution is 7.71. The van der Waals surface area contributed by atoms with E-state index in [2.05, 4.69) is 21.6 Å². The van der Waals surface area contributed by atoms with Crippen LogP contribution in [0.1, 0.15) is 32.7 Å². The molecule has 6 nitrogen and oxygen atoms in total. The van der Waals surface area contributed by atoms with E-state index in [0.29, 0.717) is 17.0 Å². The summed E-state index contributed by atoms with van der Waals surface area (Å²) >= 11 is 6.77. The van der Waals surface area contributed by atoms with Crippen LogP contribution in [-0.2, 0) is 4.79 Å². The number of nitrogens with one attached hydrogen (secondary N) is 2. The van der Waals surface area contributed by atoms with Gasteiger partial charge in [0.05, 0.1) is 10.9 Å². The molecule has 116 valence electrons. The normalized spacial score (nSPS) is 13.3. The Balaban J connectivity index is 2.25. The molecule has 2 aromatic heterocycles. The van der Waals surface area contributed by atoms with Crippen molar-refractivity contribution in [3.8, 4) is 16.8 Å². The van der Waals surface area contributed by atoms with E-state index in [1.54, 1.807) is 11.5 Å². The van der Waals surface area contributed by atoms with E-state index in [9.17, 15) is 4.79 Å². The lowest BCUT2D eigenvalue weighted by Gasteiger charge is -2.17. The van der Waals surface area contributed by atoms with Crippen LogP contribution in [0.3, 0.4) is 0 Å². The maximum atomic E-state index is 12.4. The molecule has 0 aliphatic carbocycles. The zero-order valence-corrected chi connectivity index (χ0v) is 14.0. The molecule has 0 spiro atoms. The third kappa shape index (κ3) is 3.43. The number of aromatic amines is 1. The Morgan fingerprint density at radius 1 is 1.68 bits per heavy atom. The Hall–Kier alpha value is -1.98. The maximum Gasteiger partial charge on any atom is 0.243 e. The van der Waals surface area contributed by atoms with Crippen LogP contribution in [-0.4, -0.2) is 26.7 Å². The summed E-state index contributed by atoms with van der Waals surface area (Å²) in [5, 5.41) is 20.7. The van der Waals surface area contributed by atoms with Crippen molar-refractivity contribution >= 4 is 29.5 Å². The number of carbonyl (C=O) groups is 1. The highest BCUT2D eigenvalue weighted by Gasteiger charge is 2.23. The number of carbonyl (C=O) groups excluding carboxylic acids is 1. The van der Waals surface area contributed by atoms with Gasteiger partial charge >= 0.3 is 0 Å². The molecule has 22 heavy (non-hydrogen) atoms. The maximum absolute atomic E-state index is 12.4. The van der Waals surface area contributed by atoms with Gasteiger partial charge in [0.2, 0.25) is 5.91 Å². The van der Waals surface area contributed by atoms with Crippen LogP contribution in [0.15, 0.2) is 17.5 Å². The molecule has 0 aromatic carbocycles. The molecule has 2 atom stereocenters. The van der Waals surface area contributed by atoms with Gasteiger partial charge in [-0.05, 0) is 37.0 Å². The second kappa shape index (κ2) is 7.33. The third-order valence-corrected chi connectivity index (χ3v) is 4.42. The Bertz CT molecular complexity index is 725. The molecular weight excluding hydrogens is 318 g/mol. The number of hydrogen-bond acceptors (Lipinski definition) is 5. The van der Waals surface area contributed by atoms with Gasteiger partial charge < -0.3 is 5.32 Å². The first-order valence-corrected chi connectivity index (χ1v) is 8.28. The summed E-state index contributed by atoms with van der Waals surface area (Å²) in [7, 11) is 0. The van der Waals surface area contributed by atoms with Crippen molar-refractivity contribution in [3.05, 3.63) is 22.3 Å². The van der Waals surface area contributed by atoms with Crippen molar-refractivity contribution in [2.24, 2.45) is 0 Å². The Kier molecular flexibility index (Phi) is 5.46. The van der Waals surface area contributed by atoms with E-state index < -0.39 is 12.1 Å². The zero-order chi connectivity index (χ0) is 16.1. The third-order valence-electron chi connectivity index (χ3n) is 3.26. The van der Waals surface area contributed by atoms with Crippen LogP contribution < -0.4 is 5.32 Å². The number of thiophene rings is 1. The monoisotopic (exact) mass is 335 g/mol. The van der Waals surface area contributed by atoms with Crippen LogP contribution in [0.4, 0.5) is 0 Å². The Labute approximate surface area is 137 Å². The van der Waals surface area contributed by atoms with Gasteiger partial charge in [-0.15, -0.1) is 11.3 Å². The molecule has 8 heteroatoms. The van der Waals surface area contributed by atoms with Gasteiger partial charge in [-0.2, -0.15) is 10.4 Å². The average Bonchev–Trinajstić information content (AvgIpc) is 3.14. The summed E-state index contributed by atoms with van der Waals surface area (Å²) in [5.74, 6) is 0.391. The van der Waals surface area contributed by atoms with Crippen LogP contribution >= 0.6 is 23.6 Å². The number of nitriles is 1. The highest BCUT2D eigenvalue weighted by Crippen LogP contribution is 2.25. The molecule has 0 saturated carbocycles. The van der Waals surface area contributed by atoms with Gasteiger partial charge in [-0.25, -0.2) is 0 Å². The number of nitrogens with zero attached hydrogens (tertiary/aromatic N) is 3. The van der Waals surface area contributed by atoms with E-state index in [1.165, 1.54) is 11.3 Å². The summed E-state index contributed by atoms with van der Waals surface area (Å²) < 4.78 is 2.06. The molecule has 2 aromatic rings. The molecule has 0 radical (unpaired) electrons. The van der Waals surface area contributed by atoms with Crippen molar-refractivity contribution in [3.63, 3.8) is 0 Å². The first-order valence-electron chi connectivity index (χ1n) is 6.99. The van der Waals surface area contributed by atoms with Crippen LogP contribution in [0, 0.1) is 16.1 Å². The van der Waals surface area contributed by atoms with Gasteiger partial charge in [0.1, 0.15) is 12.1 Å². The minimum atomic E-state index is -0.545. The molecule has 0 saturated heterocycles. The zero-order valence-electron chi connectivity index (χ0n) is 12.4. The van der Waals surface area contributed by atoms with Crippen LogP contribution in [0.5, 0.6) is 0 Å². The molecular formula is C14H17N5OS2. The predicted molar refractivity (Wildman–Crippen MR) is 87.9 cm³/mol. The minimum absolute atomic E-state index is 0.240. The van der Waals surface area contributed by atoms with E-state index in [-0.39, 0.29) is 5.91 Å². The molecule has 0 fully saturated rings. The molecule has 0 aliphatic heterocycles. The lowest BCUT2D eigenvalue weighted by Crippen LogP contribution is -2.38. The molecule has 2 heterocycles. The first-order chi connectivity index (χ1) is 10.6. The SMILES string of the molecule is CCC[C@@H](C#N)NC(=O)[C@@H](C)n1c(-c2cccs2)n[nH]c1=S. The Morgan fingerprint density at radius 2 is 2.45 bits per heavy atom. The van der Waals surface area contributed by atoms with E-state index in [0.717, 1.165) is 11.3 Å². The average molecular weight is 335 g/mol. The summed E-state index contributed by atoms with van der Waals surface area (Å²) in [4.78, 5) is 13.3. The fourth-order valence-electron chi connectivity index (χ4n) is 2.11. The number of aromatic nitrogens is 3. The van der Waals surface area contributed by atoms with Crippen molar-refractivity contribution in [1.82, 2.24) is 20.1 Å². The van der Waals surface area contributed by atoms with Crippen molar-refractivity contribution < 1.29 is 4.79 Å². The summed E-state index contributed by atoms with van der Waals surface area (Å²) in [6.07, 6.45) is 1.46. The molecule has 2 N–H and O–H groups in total. The molecule has 0 aliphatic rings. The van der Waals surface area contributed by atoms with Gasteiger partial charge in [-0.3, -0.25) is 14.5 Å². The van der Waals surface area contributed by atoms with E-state index in [4.69, 9.17) is 17.5 Å². The topological polar surface area (TPSA) is 86.5 Å². The number of H-pyrrole nitrogens is 1. The molecule has 0 bridgehead atoms. The fraction of sp³-hybridized carbons (Fsp3) is 0.429. The van der Waals surface area contributed by atoms with Gasteiger partial charge in [0.25, 0.3) is 0 Å². The lowest BCUT2D eigenvalue weighted by atomic mass is 10.1. The summed E-state index contributed by atoms with van der Waals surface area (Å²) in [6.45, 7) is 3.72. The lowest BCUT2D eigenvalue weighted by molar-refractivity contribution is -0.124. The van der Waals surface area contributed by atoms with Crippen molar-refractivity contribution in [2.45, 2.75) is 38.8 Å².